The second kappa shape index (κ2) is 5.03. The number of amides is 1. The van der Waals surface area contributed by atoms with Crippen LogP contribution in [0.2, 0.25) is 0 Å². The number of thioether (sulfide) groups is 1. The molecule has 0 saturated heterocycles. The van der Waals surface area contributed by atoms with E-state index in [0.29, 0.717) is 12.6 Å². The third kappa shape index (κ3) is 4.86. The Morgan fingerprint density at radius 2 is 2.14 bits per heavy atom. The number of hydrogen-bond donors (Lipinski definition) is 2. The van der Waals surface area contributed by atoms with Gasteiger partial charge >= 0.3 is 0 Å². The fourth-order valence-electron chi connectivity index (χ4n) is 0.971. The number of hydrogen-bond acceptors (Lipinski definition) is 3. The van der Waals surface area contributed by atoms with Crippen molar-refractivity contribution in [2.75, 3.05) is 19.3 Å². The summed E-state index contributed by atoms with van der Waals surface area (Å²) in [5.74, 6) is 0.110. The highest BCUT2D eigenvalue weighted by Crippen LogP contribution is 2.19. The normalized spacial score (nSPS) is 16.8. The molecule has 1 rings (SSSR count). The molecule has 0 aromatic carbocycles. The van der Waals surface area contributed by atoms with Crippen LogP contribution in [-0.4, -0.2) is 36.0 Å². The highest BCUT2D eigenvalue weighted by molar-refractivity contribution is 7.99. The Balaban J connectivity index is 2.07. The highest BCUT2D eigenvalue weighted by Gasteiger charge is 2.22. The molecule has 0 aliphatic heterocycles. The molecule has 82 valence electrons. The van der Waals surface area contributed by atoms with Gasteiger partial charge in [0, 0.05) is 17.3 Å². The van der Waals surface area contributed by atoms with Gasteiger partial charge in [0.2, 0.25) is 5.91 Å². The molecule has 1 fully saturated rings. The molecule has 0 aromatic rings. The molecule has 2 N–H and O–H groups in total. The van der Waals surface area contributed by atoms with Gasteiger partial charge in [-0.3, -0.25) is 4.79 Å². The van der Waals surface area contributed by atoms with Crippen molar-refractivity contribution in [2.45, 2.75) is 37.5 Å². The Kier molecular flexibility index (Phi) is 4.26. The van der Waals surface area contributed by atoms with Gasteiger partial charge in [-0.25, -0.2) is 0 Å². The van der Waals surface area contributed by atoms with Crippen LogP contribution in [0.5, 0.6) is 0 Å². The van der Waals surface area contributed by atoms with Crippen LogP contribution in [0.3, 0.4) is 0 Å². The van der Waals surface area contributed by atoms with Crippen LogP contribution in [0, 0.1) is 0 Å². The van der Waals surface area contributed by atoms with Crippen molar-refractivity contribution in [3.8, 4) is 0 Å². The molecule has 0 bridgehead atoms. The highest BCUT2D eigenvalue weighted by atomic mass is 32.2. The van der Waals surface area contributed by atoms with E-state index in [9.17, 15) is 4.79 Å². The number of carbonyl (C=O) groups is 1. The van der Waals surface area contributed by atoms with Gasteiger partial charge in [0.15, 0.2) is 0 Å². The zero-order valence-corrected chi connectivity index (χ0v) is 10.0. The molecule has 0 atom stereocenters. The van der Waals surface area contributed by atoms with E-state index >= 15 is 0 Å². The Bertz CT molecular complexity index is 202. The van der Waals surface area contributed by atoms with E-state index in [1.54, 1.807) is 11.8 Å². The van der Waals surface area contributed by atoms with E-state index in [0.717, 1.165) is 6.54 Å². The van der Waals surface area contributed by atoms with E-state index in [2.05, 4.69) is 30.7 Å². The van der Waals surface area contributed by atoms with Gasteiger partial charge in [-0.2, -0.15) is 11.8 Å². The predicted octanol–water partition coefficient (Wildman–Crippen LogP) is 0.996. The monoisotopic (exact) mass is 216 g/mol. The average Bonchev–Trinajstić information content (AvgIpc) is 2.95. The Morgan fingerprint density at radius 3 is 2.64 bits per heavy atom. The van der Waals surface area contributed by atoms with Crippen LogP contribution in [0.4, 0.5) is 0 Å². The van der Waals surface area contributed by atoms with Gasteiger partial charge in [-0.15, -0.1) is 0 Å². The Hall–Kier alpha value is -0.220. The van der Waals surface area contributed by atoms with Crippen molar-refractivity contribution < 1.29 is 4.79 Å². The second-order valence-electron chi connectivity index (χ2n) is 4.40. The lowest BCUT2D eigenvalue weighted by molar-refractivity contribution is -0.120. The lowest BCUT2D eigenvalue weighted by Crippen LogP contribution is -2.41. The molecule has 1 amide bonds. The minimum absolute atomic E-state index is 0.110. The van der Waals surface area contributed by atoms with Crippen molar-refractivity contribution in [1.82, 2.24) is 10.6 Å². The molecule has 0 radical (unpaired) electrons. The fraction of sp³-hybridized carbons (Fsp3) is 0.900. The molecule has 0 heterocycles. The summed E-state index contributed by atoms with van der Waals surface area (Å²) in [5.41, 5.74) is 0. The zero-order valence-electron chi connectivity index (χ0n) is 9.22. The fourth-order valence-corrected chi connectivity index (χ4v) is 1.19. The van der Waals surface area contributed by atoms with E-state index in [1.165, 1.54) is 12.8 Å². The maximum Gasteiger partial charge on any atom is 0.234 e. The van der Waals surface area contributed by atoms with E-state index < -0.39 is 0 Å². The van der Waals surface area contributed by atoms with Crippen molar-refractivity contribution >= 4 is 17.7 Å². The first-order valence-electron chi connectivity index (χ1n) is 5.09. The van der Waals surface area contributed by atoms with Crippen molar-refractivity contribution in [3.05, 3.63) is 0 Å². The third-order valence-electron chi connectivity index (χ3n) is 2.39. The van der Waals surface area contributed by atoms with Gasteiger partial charge in [0.05, 0.1) is 6.54 Å². The lowest BCUT2D eigenvalue weighted by atomic mass is 10.2. The van der Waals surface area contributed by atoms with Crippen LogP contribution in [-0.2, 0) is 4.79 Å². The SMILES string of the molecule is CSC(C)(C)CNC(=O)CNC1CC1. The molecule has 3 nitrogen and oxygen atoms in total. The molecule has 1 aliphatic rings. The third-order valence-corrected chi connectivity index (χ3v) is 3.64. The van der Waals surface area contributed by atoms with E-state index in [1.807, 2.05) is 0 Å². The number of rotatable bonds is 6. The largest absolute Gasteiger partial charge is 0.354 e. The summed E-state index contributed by atoms with van der Waals surface area (Å²) in [6.45, 7) is 5.47. The molecule has 14 heavy (non-hydrogen) atoms. The Morgan fingerprint density at radius 1 is 1.50 bits per heavy atom. The topological polar surface area (TPSA) is 41.1 Å². The molecule has 0 unspecified atom stereocenters. The first kappa shape index (κ1) is 11.9. The van der Waals surface area contributed by atoms with Gasteiger partial charge in [0.1, 0.15) is 0 Å². The average molecular weight is 216 g/mol. The predicted molar refractivity (Wildman–Crippen MR) is 61.6 cm³/mol. The van der Waals surface area contributed by atoms with Crippen molar-refractivity contribution in [2.24, 2.45) is 0 Å². The molecule has 4 heteroatoms. The quantitative estimate of drug-likeness (QED) is 0.696. The molecular formula is C10H20N2OS. The maximum atomic E-state index is 11.4. The summed E-state index contributed by atoms with van der Waals surface area (Å²) in [7, 11) is 0. The minimum atomic E-state index is 0.110. The summed E-state index contributed by atoms with van der Waals surface area (Å²) in [6.07, 6.45) is 4.52. The zero-order chi connectivity index (χ0) is 10.6. The van der Waals surface area contributed by atoms with Crippen LogP contribution in [0.25, 0.3) is 0 Å². The van der Waals surface area contributed by atoms with Gasteiger partial charge in [-0.1, -0.05) is 0 Å². The summed E-state index contributed by atoms with van der Waals surface area (Å²) in [4.78, 5) is 11.4. The van der Waals surface area contributed by atoms with E-state index in [4.69, 9.17) is 0 Å². The number of carbonyl (C=O) groups excluding carboxylic acids is 1. The molecule has 1 aliphatic carbocycles. The second-order valence-corrected chi connectivity index (χ2v) is 5.91. The van der Waals surface area contributed by atoms with Gasteiger partial charge < -0.3 is 10.6 Å². The standard InChI is InChI=1S/C10H20N2OS/c1-10(2,14-3)7-12-9(13)6-11-8-4-5-8/h8,11H,4-7H2,1-3H3,(H,12,13). The van der Waals surface area contributed by atoms with Gasteiger partial charge in [0.25, 0.3) is 0 Å². The van der Waals surface area contributed by atoms with Crippen LogP contribution < -0.4 is 10.6 Å². The molecule has 0 aromatic heterocycles. The summed E-state index contributed by atoms with van der Waals surface area (Å²) in [5, 5.41) is 6.13. The summed E-state index contributed by atoms with van der Waals surface area (Å²) >= 11 is 1.77. The minimum Gasteiger partial charge on any atom is -0.354 e. The first-order chi connectivity index (χ1) is 6.53. The summed E-state index contributed by atoms with van der Waals surface area (Å²) in [6, 6.07) is 0.606. The maximum absolute atomic E-state index is 11.4. The van der Waals surface area contributed by atoms with Gasteiger partial charge in [-0.05, 0) is 32.9 Å². The Labute approximate surface area is 90.4 Å². The van der Waals surface area contributed by atoms with Crippen molar-refractivity contribution in [3.63, 3.8) is 0 Å². The van der Waals surface area contributed by atoms with Crippen molar-refractivity contribution in [1.29, 1.82) is 0 Å². The number of nitrogens with one attached hydrogen (secondary N) is 2. The molecular weight excluding hydrogens is 196 g/mol. The first-order valence-corrected chi connectivity index (χ1v) is 6.31. The molecule has 1 saturated carbocycles. The van der Waals surface area contributed by atoms with E-state index in [-0.39, 0.29) is 10.7 Å². The smallest absolute Gasteiger partial charge is 0.234 e. The van der Waals surface area contributed by atoms with Crippen LogP contribution >= 0.6 is 11.8 Å². The lowest BCUT2D eigenvalue weighted by Gasteiger charge is -2.22. The summed E-state index contributed by atoms with van der Waals surface area (Å²) < 4.78 is 0.134. The van der Waals surface area contributed by atoms with Crippen LogP contribution in [0.15, 0.2) is 0 Å². The molecule has 0 spiro atoms. The van der Waals surface area contributed by atoms with Crippen LogP contribution in [0.1, 0.15) is 26.7 Å².